The maximum atomic E-state index is 11.9. The van der Waals surface area contributed by atoms with E-state index < -0.39 is 11.6 Å². The Bertz CT molecular complexity index is 475. The SMILES string of the molecule is CC(C)Oc1c(Cl)cccc1NC(=O)NC(C)(C)CO. The molecule has 0 heterocycles. The minimum Gasteiger partial charge on any atom is -0.487 e. The molecule has 0 unspecified atom stereocenters. The highest BCUT2D eigenvalue weighted by Crippen LogP contribution is 2.33. The number of amides is 2. The summed E-state index contributed by atoms with van der Waals surface area (Å²) < 4.78 is 5.61. The van der Waals surface area contributed by atoms with Crippen LogP contribution >= 0.6 is 11.6 Å². The number of nitrogens with one attached hydrogen (secondary N) is 2. The zero-order chi connectivity index (χ0) is 15.3. The fourth-order valence-corrected chi connectivity index (χ4v) is 1.68. The van der Waals surface area contributed by atoms with Gasteiger partial charge in [0.15, 0.2) is 5.75 Å². The number of benzene rings is 1. The summed E-state index contributed by atoms with van der Waals surface area (Å²) in [5.41, 5.74) is -0.223. The number of anilines is 1. The van der Waals surface area contributed by atoms with E-state index in [1.807, 2.05) is 13.8 Å². The summed E-state index contributed by atoms with van der Waals surface area (Å²) in [4.78, 5) is 11.9. The number of hydrogen-bond acceptors (Lipinski definition) is 3. The molecule has 5 nitrogen and oxygen atoms in total. The van der Waals surface area contributed by atoms with Crippen LogP contribution in [0, 0.1) is 0 Å². The average molecular weight is 301 g/mol. The van der Waals surface area contributed by atoms with Gasteiger partial charge in [0, 0.05) is 0 Å². The highest BCUT2D eigenvalue weighted by molar-refractivity contribution is 6.32. The largest absolute Gasteiger partial charge is 0.487 e. The number of urea groups is 1. The molecule has 0 saturated carbocycles. The lowest BCUT2D eigenvalue weighted by Gasteiger charge is -2.24. The van der Waals surface area contributed by atoms with E-state index in [0.29, 0.717) is 16.5 Å². The van der Waals surface area contributed by atoms with E-state index in [-0.39, 0.29) is 12.7 Å². The van der Waals surface area contributed by atoms with Crippen LogP contribution in [0.25, 0.3) is 0 Å². The lowest BCUT2D eigenvalue weighted by Crippen LogP contribution is -2.48. The average Bonchev–Trinajstić information content (AvgIpc) is 2.32. The second kappa shape index (κ2) is 6.81. The lowest BCUT2D eigenvalue weighted by atomic mass is 10.1. The van der Waals surface area contributed by atoms with Gasteiger partial charge in [0.05, 0.1) is 29.0 Å². The van der Waals surface area contributed by atoms with Gasteiger partial charge in [-0.1, -0.05) is 17.7 Å². The third-order valence-electron chi connectivity index (χ3n) is 2.42. The van der Waals surface area contributed by atoms with E-state index in [9.17, 15) is 4.79 Å². The molecule has 1 aromatic rings. The van der Waals surface area contributed by atoms with E-state index >= 15 is 0 Å². The van der Waals surface area contributed by atoms with Crippen LogP contribution in [0.5, 0.6) is 5.75 Å². The molecule has 0 saturated heterocycles. The van der Waals surface area contributed by atoms with Crippen molar-refractivity contribution in [3.8, 4) is 5.75 Å². The molecular formula is C14H21ClN2O3. The van der Waals surface area contributed by atoms with Gasteiger partial charge in [0.2, 0.25) is 0 Å². The molecule has 0 spiro atoms. The van der Waals surface area contributed by atoms with Crippen molar-refractivity contribution in [2.45, 2.75) is 39.3 Å². The van der Waals surface area contributed by atoms with Crippen LogP contribution in [0.2, 0.25) is 5.02 Å². The number of rotatable bonds is 5. The Hall–Kier alpha value is -1.46. The van der Waals surface area contributed by atoms with Crippen molar-refractivity contribution in [1.29, 1.82) is 0 Å². The number of hydrogen-bond donors (Lipinski definition) is 3. The summed E-state index contributed by atoms with van der Waals surface area (Å²) in [5, 5.41) is 14.9. The lowest BCUT2D eigenvalue weighted by molar-refractivity contribution is 0.187. The van der Waals surface area contributed by atoms with Crippen LogP contribution in [0.1, 0.15) is 27.7 Å². The molecule has 20 heavy (non-hydrogen) atoms. The minimum atomic E-state index is -0.707. The number of aliphatic hydroxyl groups excluding tert-OH is 1. The van der Waals surface area contributed by atoms with E-state index in [4.69, 9.17) is 21.4 Å². The zero-order valence-electron chi connectivity index (χ0n) is 12.2. The maximum Gasteiger partial charge on any atom is 0.319 e. The third kappa shape index (κ3) is 4.90. The van der Waals surface area contributed by atoms with Crippen LogP contribution in [0.4, 0.5) is 10.5 Å². The molecule has 1 aromatic carbocycles. The van der Waals surface area contributed by atoms with Gasteiger partial charge >= 0.3 is 6.03 Å². The molecule has 112 valence electrons. The first kappa shape index (κ1) is 16.6. The van der Waals surface area contributed by atoms with Gasteiger partial charge in [-0.3, -0.25) is 0 Å². The quantitative estimate of drug-likeness (QED) is 0.783. The number of aliphatic hydroxyl groups is 1. The Morgan fingerprint density at radius 1 is 1.45 bits per heavy atom. The highest BCUT2D eigenvalue weighted by atomic mass is 35.5. The topological polar surface area (TPSA) is 70.6 Å². The van der Waals surface area contributed by atoms with Crippen molar-refractivity contribution in [1.82, 2.24) is 5.32 Å². The predicted molar refractivity (Wildman–Crippen MR) is 80.5 cm³/mol. The van der Waals surface area contributed by atoms with Crippen LogP contribution in [-0.2, 0) is 0 Å². The summed E-state index contributed by atoms with van der Waals surface area (Å²) in [6.07, 6.45) is -0.0626. The van der Waals surface area contributed by atoms with Crippen molar-refractivity contribution in [3.63, 3.8) is 0 Å². The number of para-hydroxylation sites is 1. The summed E-state index contributed by atoms with van der Waals surface area (Å²) >= 11 is 6.08. The first-order valence-corrected chi connectivity index (χ1v) is 6.78. The third-order valence-corrected chi connectivity index (χ3v) is 2.71. The molecule has 0 radical (unpaired) electrons. The monoisotopic (exact) mass is 300 g/mol. The van der Waals surface area contributed by atoms with Gasteiger partial charge in [-0.2, -0.15) is 0 Å². The molecule has 0 aliphatic rings. The van der Waals surface area contributed by atoms with Gasteiger partial charge in [-0.05, 0) is 39.8 Å². The fraction of sp³-hybridized carbons (Fsp3) is 0.500. The van der Waals surface area contributed by atoms with Gasteiger partial charge in [0.1, 0.15) is 0 Å². The predicted octanol–water partition coefficient (Wildman–Crippen LogP) is 3.02. The minimum absolute atomic E-state index is 0.0626. The number of ether oxygens (including phenoxy) is 1. The van der Waals surface area contributed by atoms with Crippen LogP contribution in [0.3, 0.4) is 0 Å². The Morgan fingerprint density at radius 3 is 2.65 bits per heavy atom. The molecule has 0 atom stereocenters. The van der Waals surface area contributed by atoms with Crippen molar-refractivity contribution in [3.05, 3.63) is 23.2 Å². The van der Waals surface area contributed by atoms with E-state index in [1.165, 1.54) is 0 Å². The Morgan fingerprint density at radius 2 is 2.10 bits per heavy atom. The second-order valence-electron chi connectivity index (χ2n) is 5.40. The number of carbonyl (C=O) groups is 1. The molecule has 0 aliphatic carbocycles. The zero-order valence-corrected chi connectivity index (χ0v) is 12.9. The summed E-state index contributed by atoms with van der Waals surface area (Å²) in [7, 11) is 0. The van der Waals surface area contributed by atoms with Gasteiger partial charge in [0.25, 0.3) is 0 Å². The Labute approximate surface area is 124 Å². The molecule has 3 N–H and O–H groups in total. The number of halogens is 1. The van der Waals surface area contributed by atoms with Crippen LogP contribution < -0.4 is 15.4 Å². The molecule has 2 amide bonds. The molecule has 1 rings (SSSR count). The van der Waals surface area contributed by atoms with E-state index in [0.717, 1.165) is 0 Å². The Balaban J connectivity index is 2.87. The smallest absolute Gasteiger partial charge is 0.319 e. The fourth-order valence-electron chi connectivity index (χ4n) is 1.46. The van der Waals surface area contributed by atoms with Gasteiger partial charge in [-0.25, -0.2) is 4.79 Å². The summed E-state index contributed by atoms with van der Waals surface area (Å²) in [6, 6.07) is 4.69. The maximum absolute atomic E-state index is 11.9. The van der Waals surface area contributed by atoms with E-state index in [2.05, 4.69) is 10.6 Å². The van der Waals surface area contributed by atoms with Crippen LogP contribution in [0.15, 0.2) is 18.2 Å². The number of carbonyl (C=O) groups excluding carboxylic acids is 1. The summed E-state index contributed by atoms with van der Waals surface area (Å²) in [5.74, 6) is 0.432. The first-order chi connectivity index (χ1) is 9.25. The van der Waals surface area contributed by atoms with Gasteiger partial charge in [-0.15, -0.1) is 0 Å². The van der Waals surface area contributed by atoms with Gasteiger partial charge < -0.3 is 20.5 Å². The molecule has 6 heteroatoms. The molecule has 0 bridgehead atoms. The second-order valence-corrected chi connectivity index (χ2v) is 5.81. The molecule has 0 aromatic heterocycles. The van der Waals surface area contributed by atoms with Crippen molar-refractivity contribution in [2.75, 3.05) is 11.9 Å². The van der Waals surface area contributed by atoms with E-state index in [1.54, 1.807) is 32.0 Å². The molecular weight excluding hydrogens is 280 g/mol. The highest BCUT2D eigenvalue weighted by Gasteiger charge is 2.20. The first-order valence-electron chi connectivity index (χ1n) is 6.40. The molecule has 0 fully saturated rings. The van der Waals surface area contributed by atoms with Crippen molar-refractivity contribution in [2.24, 2.45) is 0 Å². The van der Waals surface area contributed by atoms with Crippen molar-refractivity contribution >= 4 is 23.3 Å². The Kier molecular flexibility index (Phi) is 5.65. The summed E-state index contributed by atoms with van der Waals surface area (Å²) in [6.45, 7) is 7.03. The normalized spacial score (nSPS) is 11.3. The standard InChI is InChI=1S/C14H21ClN2O3/c1-9(2)20-12-10(15)6-5-7-11(12)16-13(19)17-14(3,4)8-18/h5-7,9,18H,8H2,1-4H3,(H2,16,17,19). The van der Waals surface area contributed by atoms with Crippen molar-refractivity contribution < 1.29 is 14.6 Å². The van der Waals surface area contributed by atoms with Crippen LogP contribution in [-0.4, -0.2) is 29.4 Å². The molecule has 0 aliphatic heterocycles.